The summed E-state index contributed by atoms with van der Waals surface area (Å²) in [4.78, 5) is 13.4. The van der Waals surface area contributed by atoms with E-state index in [9.17, 15) is 0 Å². The Morgan fingerprint density at radius 1 is 0.952 bits per heavy atom. The third-order valence-electron chi connectivity index (χ3n) is 3.35. The Bertz CT molecular complexity index is 732. The largest absolute Gasteiger partial charge is 1.00 e. The van der Waals surface area contributed by atoms with E-state index in [1.54, 1.807) is 0 Å². The lowest BCUT2D eigenvalue weighted by Crippen LogP contribution is -3.00. The SMILES string of the molecule is CN(C)C1=Cc2nc3cc(N(C)C)ccc3nc2[C+]=C1.[Cl-]. The van der Waals surface area contributed by atoms with Gasteiger partial charge in [0.1, 0.15) is 17.7 Å². The molecule has 0 spiro atoms. The van der Waals surface area contributed by atoms with Crippen molar-refractivity contribution in [3.8, 4) is 0 Å². The van der Waals surface area contributed by atoms with E-state index in [1.807, 2.05) is 51.3 Å². The lowest BCUT2D eigenvalue weighted by atomic mass is 10.1. The molecule has 1 aromatic heterocycles. The van der Waals surface area contributed by atoms with Gasteiger partial charge in [-0.05, 0) is 18.2 Å². The van der Waals surface area contributed by atoms with E-state index in [2.05, 4.69) is 28.1 Å². The topological polar surface area (TPSA) is 32.3 Å². The number of benzene rings is 1. The van der Waals surface area contributed by atoms with Crippen LogP contribution in [0.5, 0.6) is 0 Å². The van der Waals surface area contributed by atoms with Crippen LogP contribution in [0.25, 0.3) is 17.1 Å². The zero-order valence-corrected chi connectivity index (χ0v) is 13.3. The molecule has 1 aromatic carbocycles. The third-order valence-corrected chi connectivity index (χ3v) is 3.35. The number of allylic oxidation sites excluding steroid dienone is 1. The van der Waals surface area contributed by atoms with Gasteiger partial charge in [0.05, 0.1) is 11.6 Å². The summed E-state index contributed by atoms with van der Waals surface area (Å²) in [6.07, 6.45) is 7.19. The number of hydrogen-bond acceptors (Lipinski definition) is 4. The summed E-state index contributed by atoms with van der Waals surface area (Å²) in [6.45, 7) is 0. The van der Waals surface area contributed by atoms with E-state index < -0.39 is 0 Å². The lowest BCUT2D eigenvalue weighted by Gasteiger charge is -2.13. The minimum atomic E-state index is 0. The number of likely N-dealkylation sites (N-methyl/N-ethyl adjacent to an activating group) is 1. The highest BCUT2D eigenvalue weighted by molar-refractivity contribution is 5.81. The van der Waals surface area contributed by atoms with Crippen LogP contribution in [0.4, 0.5) is 5.69 Å². The number of fused-ring (bicyclic) bond motifs is 2. The van der Waals surface area contributed by atoms with E-state index in [0.29, 0.717) is 0 Å². The lowest BCUT2D eigenvalue weighted by molar-refractivity contribution is -0.00000424. The first-order valence-corrected chi connectivity index (χ1v) is 6.52. The zero-order chi connectivity index (χ0) is 14.3. The minimum Gasteiger partial charge on any atom is -1.00 e. The Hall–Kier alpha value is -2.16. The molecule has 0 N–H and O–H groups in total. The van der Waals surface area contributed by atoms with Gasteiger partial charge >= 0.3 is 0 Å². The van der Waals surface area contributed by atoms with Crippen molar-refractivity contribution in [1.82, 2.24) is 14.9 Å². The first-order chi connectivity index (χ1) is 9.54. The van der Waals surface area contributed by atoms with E-state index in [-0.39, 0.29) is 12.4 Å². The molecule has 0 atom stereocenters. The summed E-state index contributed by atoms with van der Waals surface area (Å²) < 4.78 is 0. The average Bonchev–Trinajstić information content (AvgIpc) is 2.43. The van der Waals surface area contributed by atoms with Gasteiger partial charge in [-0.15, -0.1) is 0 Å². The maximum Gasteiger partial charge on any atom is 0.256 e. The van der Waals surface area contributed by atoms with Gasteiger partial charge < -0.3 is 22.2 Å². The monoisotopic (exact) mass is 300 g/mol. The number of hydrogen-bond donors (Lipinski definition) is 0. The molecule has 1 aliphatic rings. The van der Waals surface area contributed by atoms with Gasteiger partial charge in [0.2, 0.25) is 5.69 Å². The Morgan fingerprint density at radius 3 is 2.38 bits per heavy atom. The molecule has 0 unspecified atom stereocenters. The van der Waals surface area contributed by atoms with Crippen molar-refractivity contribution in [2.45, 2.75) is 0 Å². The van der Waals surface area contributed by atoms with Gasteiger partial charge in [0, 0.05) is 33.9 Å². The van der Waals surface area contributed by atoms with Crippen molar-refractivity contribution in [2.24, 2.45) is 0 Å². The maximum atomic E-state index is 4.72. The van der Waals surface area contributed by atoms with E-state index in [0.717, 1.165) is 33.8 Å². The maximum absolute atomic E-state index is 4.72. The summed E-state index contributed by atoms with van der Waals surface area (Å²) in [5.41, 5.74) is 5.69. The molecule has 0 aliphatic heterocycles. The van der Waals surface area contributed by atoms with Crippen LogP contribution in [0, 0.1) is 6.08 Å². The van der Waals surface area contributed by atoms with Crippen LogP contribution >= 0.6 is 0 Å². The minimum absolute atomic E-state index is 0. The highest BCUT2D eigenvalue weighted by Gasteiger charge is 2.20. The van der Waals surface area contributed by atoms with Gasteiger partial charge in [-0.1, -0.05) is 0 Å². The van der Waals surface area contributed by atoms with Crippen molar-refractivity contribution in [3.63, 3.8) is 0 Å². The van der Waals surface area contributed by atoms with Gasteiger partial charge in [-0.3, -0.25) is 0 Å². The summed E-state index contributed by atoms with van der Waals surface area (Å²) in [5.74, 6) is 0. The van der Waals surface area contributed by atoms with Crippen molar-refractivity contribution in [3.05, 3.63) is 47.4 Å². The molecule has 2 aromatic rings. The summed E-state index contributed by atoms with van der Waals surface area (Å²) >= 11 is 0. The van der Waals surface area contributed by atoms with Crippen LogP contribution in [-0.2, 0) is 0 Å². The number of anilines is 1. The summed E-state index contributed by atoms with van der Waals surface area (Å²) in [7, 11) is 8.06. The molecule has 0 fully saturated rings. The molecular weight excluding hydrogens is 284 g/mol. The molecule has 0 saturated heterocycles. The molecule has 3 rings (SSSR count). The number of aromatic nitrogens is 2. The fraction of sp³-hybridized carbons (Fsp3) is 0.250. The Kier molecular flexibility index (Phi) is 4.12. The first kappa shape index (κ1) is 15.2. The Balaban J connectivity index is 0.00000161. The molecule has 0 radical (unpaired) electrons. The molecular formula is C16H17ClN4. The van der Waals surface area contributed by atoms with Crippen LogP contribution in [0.2, 0.25) is 0 Å². The number of rotatable bonds is 2. The molecule has 1 heterocycles. The van der Waals surface area contributed by atoms with E-state index >= 15 is 0 Å². The fourth-order valence-electron chi connectivity index (χ4n) is 2.12. The first-order valence-electron chi connectivity index (χ1n) is 6.52. The highest BCUT2D eigenvalue weighted by atomic mass is 35.5. The smallest absolute Gasteiger partial charge is 0.256 e. The van der Waals surface area contributed by atoms with E-state index in [4.69, 9.17) is 4.98 Å². The standard InChI is InChI=1S/C16H17N4.ClH/c1-19(2)11-5-7-13-15(9-11)18-16-10-12(20(3)4)6-8-14(16)17-13;/h5-7,9-10H,1-4H3;1H/q+1;/p-1. The quantitative estimate of drug-likeness (QED) is 0.688. The number of nitrogens with zero attached hydrogens (tertiary/aromatic N) is 4. The van der Waals surface area contributed by atoms with Crippen LogP contribution in [0.1, 0.15) is 11.4 Å². The van der Waals surface area contributed by atoms with Crippen molar-refractivity contribution >= 4 is 22.8 Å². The predicted octanol–water partition coefficient (Wildman–Crippen LogP) is -0.677. The molecule has 1 aliphatic carbocycles. The van der Waals surface area contributed by atoms with Gasteiger partial charge in [-0.25, -0.2) is 4.98 Å². The third kappa shape index (κ3) is 2.82. The second-order valence-corrected chi connectivity index (χ2v) is 5.28. The van der Waals surface area contributed by atoms with Gasteiger partial charge in [-0.2, -0.15) is 4.98 Å². The molecule has 0 saturated carbocycles. The Morgan fingerprint density at radius 2 is 1.71 bits per heavy atom. The fourth-order valence-corrected chi connectivity index (χ4v) is 2.12. The average molecular weight is 301 g/mol. The highest BCUT2D eigenvalue weighted by Crippen LogP contribution is 2.23. The van der Waals surface area contributed by atoms with Gasteiger partial charge in [0.15, 0.2) is 5.70 Å². The van der Waals surface area contributed by atoms with Crippen LogP contribution < -0.4 is 17.3 Å². The molecule has 108 valence electrons. The summed E-state index contributed by atoms with van der Waals surface area (Å²) in [5, 5.41) is 0. The molecule has 5 heteroatoms. The molecule has 0 amide bonds. The van der Waals surface area contributed by atoms with Crippen LogP contribution in [-0.4, -0.2) is 43.1 Å². The second-order valence-electron chi connectivity index (χ2n) is 5.28. The molecule has 21 heavy (non-hydrogen) atoms. The summed E-state index contributed by atoms with van der Waals surface area (Å²) in [6, 6.07) is 6.12. The second kappa shape index (κ2) is 5.68. The van der Waals surface area contributed by atoms with E-state index in [1.165, 1.54) is 0 Å². The predicted molar refractivity (Wildman–Crippen MR) is 82.4 cm³/mol. The van der Waals surface area contributed by atoms with Crippen molar-refractivity contribution in [2.75, 3.05) is 33.1 Å². The number of halogens is 1. The molecule has 0 bridgehead atoms. The van der Waals surface area contributed by atoms with Crippen LogP contribution in [0.15, 0.2) is 30.0 Å². The zero-order valence-electron chi connectivity index (χ0n) is 12.6. The van der Waals surface area contributed by atoms with Crippen molar-refractivity contribution in [1.29, 1.82) is 0 Å². The Labute approximate surface area is 131 Å². The van der Waals surface area contributed by atoms with Crippen molar-refractivity contribution < 1.29 is 12.4 Å². The van der Waals surface area contributed by atoms with Crippen LogP contribution in [0.3, 0.4) is 0 Å². The van der Waals surface area contributed by atoms with Gasteiger partial charge in [0.25, 0.3) is 5.69 Å². The normalized spacial score (nSPS) is 12.1. The molecule has 4 nitrogen and oxygen atoms in total.